The topological polar surface area (TPSA) is 58.6 Å². The number of carbonyl (C=O) groups excluding carboxylic acids is 1. The highest BCUT2D eigenvalue weighted by Crippen LogP contribution is 2.10. The summed E-state index contributed by atoms with van der Waals surface area (Å²) in [6.07, 6.45) is 0. The SMILES string of the molecule is COCCNC(=O)c1ccc(C)c(C#CCO)c1. The monoisotopic (exact) mass is 247 g/mol. The Balaban J connectivity index is 2.80. The minimum atomic E-state index is -0.191. The van der Waals surface area contributed by atoms with E-state index in [0.717, 1.165) is 11.1 Å². The van der Waals surface area contributed by atoms with E-state index >= 15 is 0 Å². The molecule has 0 saturated carbocycles. The van der Waals surface area contributed by atoms with Crippen molar-refractivity contribution >= 4 is 5.91 Å². The second-order valence-electron chi connectivity index (χ2n) is 3.74. The van der Waals surface area contributed by atoms with Gasteiger partial charge in [-0.3, -0.25) is 4.79 Å². The van der Waals surface area contributed by atoms with Gasteiger partial charge in [0.05, 0.1) is 6.61 Å². The molecule has 0 saturated heterocycles. The summed E-state index contributed by atoms with van der Waals surface area (Å²) in [6.45, 7) is 2.67. The molecule has 1 aromatic rings. The second-order valence-corrected chi connectivity index (χ2v) is 3.74. The molecule has 2 N–H and O–H groups in total. The number of ether oxygens (including phenoxy) is 1. The summed E-state index contributed by atoms with van der Waals surface area (Å²) in [4.78, 5) is 11.8. The molecule has 0 aliphatic carbocycles. The molecule has 1 amide bonds. The molecule has 0 unspecified atom stereocenters. The van der Waals surface area contributed by atoms with E-state index in [1.54, 1.807) is 19.2 Å². The molecule has 0 heterocycles. The molecule has 0 bridgehead atoms. The lowest BCUT2D eigenvalue weighted by atomic mass is 10.0. The van der Waals surface area contributed by atoms with E-state index in [1.807, 2.05) is 13.0 Å². The van der Waals surface area contributed by atoms with Crippen molar-refractivity contribution in [2.45, 2.75) is 6.92 Å². The van der Waals surface area contributed by atoms with Crippen molar-refractivity contribution in [1.82, 2.24) is 5.32 Å². The number of aliphatic hydroxyl groups excluding tert-OH is 1. The van der Waals surface area contributed by atoms with E-state index in [2.05, 4.69) is 17.2 Å². The first kappa shape index (κ1) is 14.2. The van der Waals surface area contributed by atoms with Crippen molar-refractivity contribution in [2.75, 3.05) is 26.9 Å². The van der Waals surface area contributed by atoms with Crippen molar-refractivity contribution in [3.8, 4) is 11.8 Å². The van der Waals surface area contributed by atoms with Crippen LogP contribution in [-0.2, 0) is 4.74 Å². The summed E-state index contributed by atoms with van der Waals surface area (Å²) in [7, 11) is 1.58. The largest absolute Gasteiger partial charge is 0.384 e. The predicted molar refractivity (Wildman–Crippen MR) is 69.4 cm³/mol. The summed E-state index contributed by atoms with van der Waals surface area (Å²) in [5.74, 6) is 5.24. The van der Waals surface area contributed by atoms with Gasteiger partial charge in [0.1, 0.15) is 6.61 Å². The van der Waals surface area contributed by atoms with Crippen molar-refractivity contribution in [1.29, 1.82) is 0 Å². The number of benzene rings is 1. The fourth-order valence-corrected chi connectivity index (χ4v) is 1.40. The van der Waals surface area contributed by atoms with Crippen LogP contribution in [0.4, 0.5) is 0 Å². The van der Waals surface area contributed by atoms with Crippen LogP contribution in [0.15, 0.2) is 18.2 Å². The zero-order valence-electron chi connectivity index (χ0n) is 10.6. The average molecular weight is 247 g/mol. The quantitative estimate of drug-likeness (QED) is 0.608. The van der Waals surface area contributed by atoms with Crippen LogP contribution < -0.4 is 5.32 Å². The van der Waals surface area contributed by atoms with Crippen LogP contribution in [0.3, 0.4) is 0 Å². The molecule has 4 heteroatoms. The molecule has 4 nitrogen and oxygen atoms in total. The van der Waals surface area contributed by atoms with Crippen LogP contribution in [-0.4, -0.2) is 37.9 Å². The van der Waals surface area contributed by atoms with Gasteiger partial charge in [0.25, 0.3) is 5.91 Å². The van der Waals surface area contributed by atoms with E-state index in [1.165, 1.54) is 0 Å². The summed E-state index contributed by atoms with van der Waals surface area (Å²) in [5, 5.41) is 11.4. The molecule has 1 rings (SSSR count). The van der Waals surface area contributed by atoms with Gasteiger partial charge in [-0.05, 0) is 24.6 Å². The van der Waals surface area contributed by atoms with Gasteiger partial charge in [0, 0.05) is 24.8 Å². The Kier molecular flexibility index (Phi) is 5.92. The van der Waals surface area contributed by atoms with E-state index in [4.69, 9.17) is 9.84 Å². The maximum Gasteiger partial charge on any atom is 0.251 e. The first-order valence-corrected chi connectivity index (χ1v) is 5.66. The van der Waals surface area contributed by atoms with Crippen molar-refractivity contribution < 1.29 is 14.6 Å². The van der Waals surface area contributed by atoms with Gasteiger partial charge in [-0.2, -0.15) is 0 Å². The van der Waals surface area contributed by atoms with Crippen molar-refractivity contribution in [3.05, 3.63) is 34.9 Å². The Morgan fingerprint density at radius 1 is 1.50 bits per heavy atom. The van der Waals surface area contributed by atoms with Crippen LogP contribution in [0.5, 0.6) is 0 Å². The molecule has 0 radical (unpaired) electrons. The third kappa shape index (κ3) is 4.21. The zero-order chi connectivity index (χ0) is 13.4. The lowest BCUT2D eigenvalue weighted by molar-refractivity contribution is 0.0937. The van der Waals surface area contributed by atoms with Crippen LogP contribution in [0.25, 0.3) is 0 Å². The average Bonchev–Trinajstić information content (AvgIpc) is 2.38. The minimum Gasteiger partial charge on any atom is -0.384 e. The highest BCUT2D eigenvalue weighted by molar-refractivity contribution is 5.94. The van der Waals surface area contributed by atoms with E-state index < -0.39 is 0 Å². The van der Waals surface area contributed by atoms with Gasteiger partial charge < -0.3 is 15.2 Å². The molecule has 0 aliphatic rings. The molecular formula is C14H17NO3. The van der Waals surface area contributed by atoms with Gasteiger partial charge in [-0.15, -0.1) is 0 Å². The molecule has 0 spiro atoms. The van der Waals surface area contributed by atoms with Crippen molar-refractivity contribution in [2.24, 2.45) is 0 Å². The van der Waals surface area contributed by atoms with E-state index in [-0.39, 0.29) is 12.5 Å². The lowest BCUT2D eigenvalue weighted by Crippen LogP contribution is -2.26. The first-order chi connectivity index (χ1) is 8.69. The van der Waals surface area contributed by atoms with Crippen LogP contribution in [0.2, 0.25) is 0 Å². The Hall–Kier alpha value is -1.83. The minimum absolute atomic E-state index is 0.154. The normalized spacial score (nSPS) is 9.50. The lowest BCUT2D eigenvalue weighted by Gasteiger charge is -2.06. The maximum absolute atomic E-state index is 11.8. The third-order valence-corrected chi connectivity index (χ3v) is 2.39. The number of methoxy groups -OCH3 is 1. The van der Waals surface area contributed by atoms with Crippen molar-refractivity contribution in [3.63, 3.8) is 0 Å². The molecule has 0 aliphatic heterocycles. The highest BCUT2D eigenvalue weighted by Gasteiger charge is 2.06. The van der Waals surface area contributed by atoms with Gasteiger partial charge >= 0.3 is 0 Å². The molecular weight excluding hydrogens is 230 g/mol. The molecule has 0 atom stereocenters. The number of aliphatic hydroxyl groups is 1. The number of rotatable bonds is 4. The Morgan fingerprint density at radius 3 is 2.94 bits per heavy atom. The third-order valence-electron chi connectivity index (χ3n) is 2.39. The number of carbonyl (C=O) groups is 1. The second kappa shape index (κ2) is 7.49. The molecule has 18 heavy (non-hydrogen) atoms. The highest BCUT2D eigenvalue weighted by atomic mass is 16.5. The standard InChI is InChI=1S/C14H17NO3/c1-11-5-6-13(10-12(11)4-3-8-16)14(17)15-7-9-18-2/h5-6,10,16H,7-9H2,1-2H3,(H,15,17). The fraction of sp³-hybridized carbons (Fsp3) is 0.357. The van der Waals surface area contributed by atoms with Gasteiger partial charge in [0.2, 0.25) is 0 Å². The molecule has 0 aromatic heterocycles. The van der Waals surface area contributed by atoms with Crippen LogP contribution >= 0.6 is 0 Å². The maximum atomic E-state index is 11.8. The van der Waals surface area contributed by atoms with Gasteiger partial charge in [0.15, 0.2) is 0 Å². The fourth-order valence-electron chi connectivity index (χ4n) is 1.40. The molecule has 96 valence electrons. The van der Waals surface area contributed by atoms with Crippen LogP contribution in [0.1, 0.15) is 21.5 Å². The number of hydrogen-bond donors (Lipinski definition) is 2. The Bertz CT molecular complexity index is 472. The summed E-state index contributed by atoms with van der Waals surface area (Å²) in [5.41, 5.74) is 2.28. The zero-order valence-corrected chi connectivity index (χ0v) is 10.6. The predicted octanol–water partition coefficient (Wildman–Crippen LogP) is 0.715. The number of amides is 1. The molecule has 0 fully saturated rings. The smallest absolute Gasteiger partial charge is 0.251 e. The molecule has 1 aromatic carbocycles. The Morgan fingerprint density at radius 2 is 2.28 bits per heavy atom. The summed E-state index contributed by atoms with van der Waals surface area (Å²) < 4.78 is 4.86. The van der Waals surface area contributed by atoms with E-state index in [9.17, 15) is 4.79 Å². The number of hydrogen-bond acceptors (Lipinski definition) is 3. The van der Waals surface area contributed by atoms with Crippen LogP contribution in [0, 0.1) is 18.8 Å². The Labute approximate surface area is 107 Å². The van der Waals surface area contributed by atoms with Gasteiger partial charge in [-0.1, -0.05) is 17.9 Å². The summed E-state index contributed by atoms with van der Waals surface area (Å²) in [6, 6.07) is 5.31. The first-order valence-electron chi connectivity index (χ1n) is 5.66. The summed E-state index contributed by atoms with van der Waals surface area (Å²) >= 11 is 0. The number of aryl methyl sites for hydroxylation is 1. The van der Waals surface area contributed by atoms with Gasteiger partial charge in [-0.25, -0.2) is 0 Å². The number of nitrogens with one attached hydrogen (secondary N) is 1. The van der Waals surface area contributed by atoms with E-state index in [0.29, 0.717) is 18.7 Å².